The number of hydrogen-bond donors (Lipinski definition) is 1. The molecule has 5 heteroatoms. The average molecular weight is 263 g/mol. The van der Waals surface area contributed by atoms with E-state index in [1.807, 2.05) is 42.5 Å². The van der Waals surface area contributed by atoms with Gasteiger partial charge in [0.15, 0.2) is 5.71 Å². The Morgan fingerprint density at radius 3 is 2.74 bits per heavy atom. The minimum Gasteiger partial charge on any atom is -0.477 e. The van der Waals surface area contributed by atoms with Gasteiger partial charge in [-0.05, 0) is 12.5 Å². The first-order valence-corrected chi connectivity index (χ1v) is 5.89. The number of ether oxygens (including phenoxy) is 1. The highest BCUT2D eigenvalue weighted by Crippen LogP contribution is 2.00. The van der Waals surface area contributed by atoms with Crippen molar-refractivity contribution < 1.29 is 19.5 Å². The summed E-state index contributed by atoms with van der Waals surface area (Å²) in [6.07, 6.45) is 3.87. The van der Waals surface area contributed by atoms with E-state index in [-0.39, 0.29) is 12.3 Å². The third kappa shape index (κ3) is 7.00. The summed E-state index contributed by atoms with van der Waals surface area (Å²) < 4.78 is 5.27. The molecule has 0 amide bonds. The Kier molecular flexibility index (Phi) is 6.97. The van der Waals surface area contributed by atoms with E-state index in [4.69, 9.17) is 14.7 Å². The lowest BCUT2D eigenvalue weighted by Crippen LogP contribution is -2.10. The zero-order valence-electron chi connectivity index (χ0n) is 10.8. The van der Waals surface area contributed by atoms with Crippen molar-refractivity contribution in [3.8, 4) is 0 Å². The van der Waals surface area contributed by atoms with E-state index in [9.17, 15) is 4.79 Å². The van der Waals surface area contributed by atoms with Crippen LogP contribution in [0.25, 0.3) is 6.08 Å². The highest BCUT2D eigenvalue weighted by Gasteiger charge is 2.00. The van der Waals surface area contributed by atoms with Gasteiger partial charge in [0.2, 0.25) is 0 Å². The van der Waals surface area contributed by atoms with Crippen molar-refractivity contribution in [2.75, 3.05) is 19.8 Å². The molecule has 19 heavy (non-hydrogen) atoms. The molecule has 0 atom stereocenters. The summed E-state index contributed by atoms with van der Waals surface area (Å²) >= 11 is 0. The van der Waals surface area contributed by atoms with Crippen molar-refractivity contribution >= 4 is 17.8 Å². The van der Waals surface area contributed by atoms with Gasteiger partial charge in [-0.3, -0.25) is 0 Å². The van der Waals surface area contributed by atoms with Crippen LogP contribution in [-0.4, -0.2) is 36.6 Å². The number of benzene rings is 1. The van der Waals surface area contributed by atoms with Crippen LogP contribution in [-0.2, 0) is 14.4 Å². The van der Waals surface area contributed by atoms with Crippen LogP contribution in [0.2, 0.25) is 0 Å². The predicted molar refractivity (Wildman–Crippen MR) is 73.0 cm³/mol. The highest BCUT2D eigenvalue weighted by molar-refractivity contribution is 6.34. The van der Waals surface area contributed by atoms with E-state index in [1.54, 1.807) is 0 Å². The van der Waals surface area contributed by atoms with Gasteiger partial charge in [0.25, 0.3) is 0 Å². The Balaban J connectivity index is 2.07. The second-order valence-electron chi connectivity index (χ2n) is 3.70. The lowest BCUT2D eigenvalue weighted by Gasteiger charge is -2.00. The first-order valence-electron chi connectivity index (χ1n) is 5.89. The van der Waals surface area contributed by atoms with Crippen LogP contribution in [0, 0.1) is 0 Å². The first kappa shape index (κ1) is 14.9. The van der Waals surface area contributed by atoms with Crippen molar-refractivity contribution in [1.29, 1.82) is 0 Å². The molecule has 0 fully saturated rings. The number of rotatable bonds is 8. The van der Waals surface area contributed by atoms with E-state index in [1.165, 1.54) is 6.92 Å². The normalized spacial score (nSPS) is 11.7. The average Bonchev–Trinajstić information content (AvgIpc) is 2.42. The Morgan fingerprint density at radius 1 is 1.32 bits per heavy atom. The minimum absolute atomic E-state index is 0.0797. The quantitative estimate of drug-likeness (QED) is 0.443. The van der Waals surface area contributed by atoms with Crippen LogP contribution in [0.4, 0.5) is 0 Å². The van der Waals surface area contributed by atoms with E-state index in [0.717, 1.165) is 5.56 Å². The fourth-order valence-corrected chi connectivity index (χ4v) is 1.18. The Morgan fingerprint density at radius 2 is 2.05 bits per heavy atom. The van der Waals surface area contributed by atoms with Crippen LogP contribution < -0.4 is 0 Å². The number of carboxylic acids is 1. The number of carbonyl (C=O) groups is 1. The van der Waals surface area contributed by atoms with Crippen molar-refractivity contribution in [2.45, 2.75) is 6.92 Å². The van der Waals surface area contributed by atoms with Crippen LogP contribution in [0.5, 0.6) is 0 Å². The Bertz CT molecular complexity index is 440. The molecule has 1 aromatic carbocycles. The van der Waals surface area contributed by atoms with E-state index in [2.05, 4.69) is 5.16 Å². The van der Waals surface area contributed by atoms with Crippen molar-refractivity contribution in [2.24, 2.45) is 5.16 Å². The first-order chi connectivity index (χ1) is 9.20. The summed E-state index contributed by atoms with van der Waals surface area (Å²) in [5, 5.41) is 11.9. The molecule has 1 N–H and O–H groups in total. The molecule has 1 rings (SSSR count). The molecule has 0 saturated carbocycles. The van der Waals surface area contributed by atoms with Crippen LogP contribution in [0.15, 0.2) is 41.6 Å². The van der Waals surface area contributed by atoms with Gasteiger partial charge in [0.05, 0.1) is 13.2 Å². The number of aliphatic carboxylic acids is 1. The van der Waals surface area contributed by atoms with Gasteiger partial charge in [0, 0.05) is 0 Å². The third-order valence-corrected chi connectivity index (χ3v) is 2.15. The molecule has 0 bridgehead atoms. The van der Waals surface area contributed by atoms with Gasteiger partial charge >= 0.3 is 5.97 Å². The predicted octanol–water partition coefficient (Wildman–Crippen LogP) is 2.19. The molecule has 5 nitrogen and oxygen atoms in total. The van der Waals surface area contributed by atoms with Crippen LogP contribution in [0.1, 0.15) is 12.5 Å². The van der Waals surface area contributed by atoms with Gasteiger partial charge in [-0.25, -0.2) is 4.79 Å². The Hall–Kier alpha value is -2.14. The minimum atomic E-state index is -1.09. The molecule has 0 spiro atoms. The second-order valence-corrected chi connectivity index (χ2v) is 3.70. The molecule has 0 heterocycles. The fourth-order valence-electron chi connectivity index (χ4n) is 1.18. The SMILES string of the molecule is CC(=NOCCOCC=Cc1ccccc1)C(=O)O. The number of nitrogens with zero attached hydrogens (tertiary/aromatic N) is 1. The molecule has 0 aromatic heterocycles. The second kappa shape index (κ2) is 8.88. The Labute approximate surface area is 112 Å². The topological polar surface area (TPSA) is 68.1 Å². The van der Waals surface area contributed by atoms with Crippen LogP contribution in [0.3, 0.4) is 0 Å². The molecule has 102 valence electrons. The maximum absolute atomic E-state index is 10.4. The van der Waals surface area contributed by atoms with Gasteiger partial charge in [0.1, 0.15) is 6.61 Å². The molecule has 0 aliphatic carbocycles. The molecule has 0 saturated heterocycles. The summed E-state index contributed by atoms with van der Waals surface area (Å²) in [6.45, 7) is 2.42. The van der Waals surface area contributed by atoms with Gasteiger partial charge in [-0.1, -0.05) is 47.6 Å². The largest absolute Gasteiger partial charge is 0.477 e. The zero-order chi connectivity index (χ0) is 13.9. The lowest BCUT2D eigenvalue weighted by molar-refractivity contribution is -0.129. The third-order valence-electron chi connectivity index (χ3n) is 2.15. The summed E-state index contributed by atoms with van der Waals surface area (Å²) in [4.78, 5) is 15.2. The smallest absolute Gasteiger partial charge is 0.353 e. The van der Waals surface area contributed by atoms with Gasteiger partial charge in [-0.2, -0.15) is 0 Å². The lowest BCUT2D eigenvalue weighted by atomic mass is 10.2. The van der Waals surface area contributed by atoms with Gasteiger partial charge in [-0.15, -0.1) is 0 Å². The number of hydrogen-bond acceptors (Lipinski definition) is 4. The summed E-state index contributed by atoms with van der Waals surface area (Å²) in [5.41, 5.74) is 1.04. The molecule has 0 aliphatic heterocycles. The number of carboxylic acid groups (broad SMARTS) is 1. The highest BCUT2D eigenvalue weighted by atomic mass is 16.6. The molecule has 0 unspecified atom stereocenters. The molecule has 0 aliphatic rings. The van der Waals surface area contributed by atoms with Crippen LogP contribution >= 0.6 is 0 Å². The molecular formula is C14H17NO4. The monoisotopic (exact) mass is 263 g/mol. The van der Waals surface area contributed by atoms with Crippen molar-refractivity contribution in [3.05, 3.63) is 42.0 Å². The fraction of sp³-hybridized carbons (Fsp3) is 0.286. The van der Waals surface area contributed by atoms with Crippen molar-refractivity contribution in [1.82, 2.24) is 0 Å². The zero-order valence-corrected chi connectivity index (χ0v) is 10.8. The summed E-state index contributed by atoms with van der Waals surface area (Å²) in [5.74, 6) is -1.09. The maximum Gasteiger partial charge on any atom is 0.353 e. The van der Waals surface area contributed by atoms with E-state index < -0.39 is 5.97 Å². The van der Waals surface area contributed by atoms with Crippen molar-refractivity contribution in [3.63, 3.8) is 0 Å². The van der Waals surface area contributed by atoms with E-state index >= 15 is 0 Å². The number of oxime groups is 1. The molecular weight excluding hydrogens is 246 g/mol. The molecule has 0 radical (unpaired) electrons. The summed E-state index contributed by atoms with van der Waals surface area (Å²) in [6, 6.07) is 9.91. The standard InChI is InChI=1S/C14H17NO4/c1-12(14(16)17)15-19-11-10-18-9-5-8-13-6-3-2-4-7-13/h2-8H,9-11H2,1H3,(H,16,17). The maximum atomic E-state index is 10.4. The van der Waals surface area contributed by atoms with Gasteiger partial charge < -0.3 is 14.7 Å². The molecule has 1 aromatic rings. The summed E-state index contributed by atoms with van der Waals surface area (Å²) in [7, 11) is 0. The van der Waals surface area contributed by atoms with E-state index in [0.29, 0.717) is 13.2 Å².